The number of hydrogen-bond acceptors (Lipinski definition) is 3. The highest BCUT2D eigenvalue weighted by Gasteiger charge is 2.53. The quantitative estimate of drug-likeness (QED) is 0.812. The largest absolute Gasteiger partial charge is 0.494 e. The molecule has 27 heavy (non-hydrogen) atoms. The zero-order valence-electron chi connectivity index (χ0n) is 15.7. The Morgan fingerprint density at radius 3 is 2.37 bits per heavy atom. The number of hydrogen-bond donors (Lipinski definition) is 0. The highest BCUT2D eigenvalue weighted by Crippen LogP contribution is 2.49. The number of rotatable bonds is 5. The van der Waals surface area contributed by atoms with Crippen LogP contribution >= 0.6 is 0 Å². The summed E-state index contributed by atoms with van der Waals surface area (Å²) in [6.45, 7) is 3.76. The Hall–Kier alpha value is -2.40. The molecule has 1 heterocycles. The lowest BCUT2D eigenvalue weighted by Gasteiger charge is -2.36. The number of nitrogens with zero attached hydrogens (tertiary/aromatic N) is 2. The molecule has 1 saturated heterocycles. The molecule has 2 fully saturated rings. The summed E-state index contributed by atoms with van der Waals surface area (Å²) in [5, 5.41) is 0. The second-order valence-corrected chi connectivity index (χ2v) is 7.49. The van der Waals surface area contributed by atoms with E-state index in [1.807, 2.05) is 29.2 Å². The fraction of sp³-hybridized carbons (Fsp3) is 0.409. The first kappa shape index (κ1) is 18.0. The molecule has 4 rings (SSSR count). The van der Waals surface area contributed by atoms with E-state index in [4.69, 9.17) is 4.74 Å². The lowest BCUT2D eigenvalue weighted by molar-refractivity contribution is -0.135. The fourth-order valence-corrected chi connectivity index (χ4v) is 3.99. The Kier molecular flexibility index (Phi) is 4.87. The van der Waals surface area contributed by atoms with Crippen LogP contribution < -0.4 is 4.74 Å². The van der Waals surface area contributed by atoms with E-state index in [1.54, 1.807) is 6.07 Å². The third kappa shape index (κ3) is 3.56. The highest BCUT2D eigenvalue weighted by molar-refractivity contribution is 5.91. The van der Waals surface area contributed by atoms with E-state index in [0.29, 0.717) is 6.54 Å². The maximum Gasteiger partial charge on any atom is 0.233 e. The van der Waals surface area contributed by atoms with Crippen LogP contribution in [0, 0.1) is 5.82 Å². The molecular formula is C22H25FN2O2. The Bertz CT molecular complexity index is 812. The van der Waals surface area contributed by atoms with Gasteiger partial charge in [-0.1, -0.05) is 36.4 Å². The molecule has 0 atom stereocenters. The van der Waals surface area contributed by atoms with E-state index in [2.05, 4.69) is 17.0 Å². The van der Waals surface area contributed by atoms with Gasteiger partial charge in [-0.3, -0.25) is 9.69 Å². The van der Waals surface area contributed by atoms with Gasteiger partial charge < -0.3 is 9.64 Å². The molecular weight excluding hydrogens is 343 g/mol. The van der Waals surface area contributed by atoms with Crippen LogP contribution in [0.15, 0.2) is 48.5 Å². The van der Waals surface area contributed by atoms with Gasteiger partial charge in [0.25, 0.3) is 0 Å². The predicted molar refractivity (Wildman–Crippen MR) is 102 cm³/mol. The smallest absolute Gasteiger partial charge is 0.233 e. The molecule has 2 aliphatic rings. The summed E-state index contributed by atoms with van der Waals surface area (Å²) in [5.41, 5.74) is 1.78. The van der Waals surface area contributed by atoms with E-state index < -0.39 is 0 Å². The van der Waals surface area contributed by atoms with Gasteiger partial charge in [0.05, 0.1) is 12.5 Å². The first-order valence-corrected chi connectivity index (χ1v) is 9.52. The summed E-state index contributed by atoms with van der Waals surface area (Å²) in [6.07, 6.45) is 1.89. The summed E-state index contributed by atoms with van der Waals surface area (Å²) >= 11 is 0. The molecule has 0 N–H and O–H groups in total. The van der Waals surface area contributed by atoms with Crippen LogP contribution in [0.2, 0.25) is 0 Å². The van der Waals surface area contributed by atoms with Gasteiger partial charge in [0, 0.05) is 32.7 Å². The summed E-state index contributed by atoms with van der Waals surface area (Å²) in [5.74, 6) is 0.205. The molecule has 1 aliphatic carbocycles. The third-order valence-electron chi connectivity index (χ3n) is 5.77. The van der Waals surface area contributed by atoms with Crippen molar-refractivity contribution in [2.45, 2.75) is 24.8 Å². The van der Waals surface area contributed by atoms with E-state index >= 15 is 0 Å². The second-order valence-electron chi connectivity index (χ2n) is 7.49. The lowest BCUT2D eigenvalue weighted by Crippen LogP contribution is -2.51. The van der Waals surface area contributed by atoms with Crippen molar-refractivity contribution in [2.24, 2.45) is 0 Å². The van der Waals surface area contributed by atoms with E-state index in [0.717, 1.165) is 50.1 Å². The number of benzene rings is 2. The Morgan fingerprint density at radius 1 is 1.07 bits per heavy atom. The molecule has 0 unspecified atom stereocenters. The fourth-order valence-electron chi connectivity index (χ4n) is 3.99. The van der Waals surface area contributed by atoms with Crippen LogP contribution in [-0.2, 0) is 16.8 Å². The van der Waals surface area contributed by atoms with Crippen molar-refractivity contribution < 1.29 is 13.9 Å². The van der Waals surface area contributed by atoms with Gasteiger partial charge in [0.1, 0.15) is 0 Å². The minimum Gasteiger partial charge on any atom is -0.494 e. The molecule has 2 aromatic rings. The molecule has 1 saturated carbocycles. The SMILES string of the molecule is COc1ccc(CN2CCN(C(=O)C3(c4ccccc4)CC3)CC2)cc1F. The predicted octanol–water partition coefficient (Wildman–Crippen LogP) is 3.21. The van der Waals surface area contributed by atoms with Crippen molar-refractivity contribution in [3.05, 3.63) is 65.5 Å². The minimum absolute atomic E-state index is 0.267. The maximum atomic E-state index is 13.9. The summed E-state index contributed by atoms with van der Waals surface area (Å²) in [4.78, 5) is 17.4. The normalized spacial score (nSPS) is 19.0. The second kappa shape index (κ2) is 7.31. The standard InChI is InChI=1S/C22H25FN2O2/c1-27-20-8-7-17(15-19(20)23)16-24-11-13-25(14-12-24)21(26)22(9-10-22)18-5-3-2-4-6-18/h2-8,15H,9-14,16H2,1H3. The molecule has 0 bridgehead atoms. The summed E-state index contributed by atoms with van der Waals surface area (Å²) in [6, 6.07) is 15.2. The van der Waals surface area contributed by atoms with Crippen molar-refractivity contribution in [1.82, 2.24) is 9.80 Å². The number of carbonyl (C=O) groups excluding carboxylic acids is 1. The molecule has 0 radical (unpaired) electrons. The zero-order valence-corrected chi connectivity index (χ0v) is 15.7. The molecule has 5 heteroatoms. The van der Waals surface area contributed by atoms with Crippen molar-refractivity contribution in [2.75, 3.05) is 33.3 Å². The third-order valence-corrected chi connectivity index (χ3v) is 5.77. The van der Waals surface area contributed by atoms with Gasteiger partial charge in [0.2, 0.25) is 5.91 Å². The van der Waals surface area contributed by atoms with Crippen molar-refractivity contribution in [3.63, 3.8) is 0 Å². The minimum atomic E-state index is -0.331. The van der Waals surface area contributed by atoms with E-state index in [-0.39, 0.29) is 22.9 Å². The first-order valence-electron chi connectivity index (χ1n) is 9.52. The van der Waals surface area contributed by atoms with Gasteiger partial charge in [-0.2, -0.15) is 0 Å². The molecule has 4 nitrogen and oxygen atoms in total. The molecule has 1 amide bonds. The average Bonchev–Trinajstić information content (AvgIpc) is 3.51. The lowest BCUT2D eigenvalue weighted by atomic mass is 9.94. The molecule has 1 aliphatic heterocycles. The van der Waals surface area contributed by atoms with Crippen molar-refractivity contribution >= 4 is 5.91 Å². The highest BCUT2D eigenvalue weighted by atomic mass is 19.1. The summed E-state index contributed by atoms with van der Waals surface area (Å²) in [7, 11) is 1.47. The molecule has 142 valence electrons. The van der Waals surface area contributed by atoms with Crippen LogP contribution in [0.3, 0.4) is 0 Å². The van der Waals surface area contributed by atoms with Gasteiger partial charge in [-0.15, -0.1) is 0 Å². The van der Waals surface area contributed by atoms with E-state index in [1.165, 1.54) is 13.2 Å². The van der Waals surface area contributed by atoms with Crippen molar-refractivity contribution in [3.8, 4) is 5.75 Å². The Labute approximate surface area is 159 Å². The topological polar surface area (TPSA) is 32.8 Å². The van der Waals surface area contributed by atoms with Gasteiger partial charge in [-0.25, -0.2) is 4.39 Å². The van der Waals surface area contributed by atoms with Crippen LogP contribution in [-0.4, -0.2) is 49.0 Å². The first-order chi connectivity index (χ1) is 13.1. The van der Waals surface area contributed by atoms with Crippen LogP contribution in [0.4, 0.5) is 4.39 Å². The Balaban J connectivity index is 1.35. The number of methoxy groups -OCH3 is 1. The van der Waals surface area contributed by atoms with Crippen LogP contribution in [0.25, 0.3) is 0 Å². The number of amides is 1. The average molecular weight is 368 g/mol. The van der Waals surface area contributed by atoms with Crippen LogP contribution in [0.1, 0.15) is 24.0 Å². The number of ether oxygens (including phenoxy) is 1. The van der Waals surface area contributed by atoms with Gasteiger partial charge >= 0.3 is 0 Å². The molecule has 0 spiro atoms. The number of piperazine rings is 1. The van der Waals surface area contributed by atoms with E-state index in [9.17, 15) is 9.18 Å². The van der Waals surface area contributed by atoms with Crippen LogP contribution in [0.5, 0.6) is 5.75 Å². The van der Waals surface area contributed by atoms with Gasteiger partial charge in [-0.05, 0) is 36.1 Å². The zero-order chi connectivity index (χ0) is 18.9. The van der Waals surface area contributed by atoms with Gasteiger partial charge in [0.15, 0.2) is 11.6 Å². The molecule has 2 aromatic carbocycles. The summed E-state index contributed by atoms with van der Waals surface area (Å²) < 4.78 is 18.8. The maximum absolute atomic E-state index is 13.9. The van der Waals surface area contributed by atoms with Crippen molar-refractivity contribution in [1.29, 1.82) is 0 Å². The number of halogens is 1. The Morgan fingerprint density at radius 2 is 1.78 bits per heavy atom. The number of carbonyl (C=O) groups is 1. The molecule has 0 aromatic heterocycles. The monoisotopic (exact) mass is 368 g/mol.